The summed E-state index contributed by atoms with van der Waals surface area (Å²) in [5, 5.41) is 8.75. The third-order valence-corrected chi connectivity index (χ3v) is 1.62. The molecule has 0 radical (unpaired) electrons. The molecule has 0 saturated heterocycles. The van der Waals surface area contributed by atoms with Gasteiger partial charge in [0.05, 0.1) is 12.0 Å². The summed E-state index contributed by atoms with van der Waals surface area (Å²) in [7, 11) is 0. The number of nitrogens with two attached hydrogens (primary N) is 1. The summed E-state index contributed by atoms with van der Waals surface area (Å²) in [6.45, 7) is 0. The van der Waals surface area contributed by atoms with Crippen LogP contribution in [0.4, 0.5) is 5.69 Å². The molecule has 0 unspecified atom stereocenters. The van der Waals surface area contributed by atoms with Gasteiger partial charge in [-0.25, -0.2) is 4.79 Å². The van der Waals surface area contributed by atoms with Crippen molar-refractivity contribution in [1.29, 1.82) is 0 Å². The number of anilines is 1. The van der Waals surface area contributed by atoms with Gasteiger partial charge in [0.25, 0.3) is 0 Å². The van der Waals surface area contributed by atoms with E-state index >= 15 is 0 Å². The molecule has 0 aliphatic carbocycles. The number of carbonyl (C=O) groups is 2. The van der Waals surface area contributed by atoms with Gasteiger partial charge in [-0.3, -0.25) is 0 Å². The SMILES string of the molecule is Nc1cc(C#CCC=O)cc(C(=O)O)c1. The number of nitrogen functional groups attached to an aromatic ring is 1. The summed E-state index contributed by atoms with van der Waals surface area (Å²) in [5.74, 6) is 4.18. The fourth-order valence-electron chi connectivity index (χ4n) is 1.04. The van der Waals surface area contributed by atoms with E-state index in [1.165, 1.54) is 12.1 Å². The summed E-state index contributed by atoms with van der Waals surface area (Å²) in [6, 6.07) is 4.33. The summed E-state index contributed by atoms with van der Waals surface area (Å²) in [6.07, 6.45) is 0.800. The predicted octanol–water partition coefficient (Wildman–Crippen LogP) is 0.907. The first-order valence-electron chi connectivity index (χ1n) is 4.20. The molecule has 4 heteroatoms. The molecule has 0 spiro atoms. The highest BCUT2D eigenvalue weighted by Crippen LogP contribution is 2.11. The van der Waals surface area contributed by atoms with Crippen LogP contribution in [0.1, 0.15) is 22.3 Å². The highest BCUT2D eigenvalue weighted by molar-refractivity contribution is 5.89. The molecule has 15 heavy (non-hydrogen) atoms. The number of hydrogen-bond donors (Lipinski definition) is 2. The first-order chi connectivity index (χ1) is 7.13. The Labute approximate surface area is 86.7 Å². The molecule has 76 valence electrons. The summed E-state index contributed by atoms with van der Waals surface area (Å²) < 4.78 is 0. The van der Waals surface area contributed by atoms with Gasteiger partial charge >= 0.3 is 5.97 Å². The molecule has 4 nitrogen and oxygen atoms in total. The van der Waals surface area contributed by atoms with Crippen LogP contribution in [-0.4, -0.2) is 17.4 Å². The number of aldehydes is 1. The maximum Gasteiger partial charge on any atom is 0.335 e. The molecule has 0 aliphatic rings. The number of carboxylic acids is 1. The third kappa shape index (κ3) is 3.16. The van der Waals surface area contributed by atoms with E-state index in [1.54, 1.807) is 6.07 Å². The smallest absolute Gasteiger partial charge is 0.335 e. The molecule has 0 fully saturated rings. The van der Waals surface area contributed by atoms with Crippen LogP contribution in [0.3, 0.4) is 0 Å². The topological polar surface area (TPSA) is 80.4 Å². The van der Waals surface area contributed by atoms with Crippen molar-refractivity contribution < 1.29 is 14.7 Å². The average Bonchev–Trinajstić information content (AvgIpc) is 2.17. The van der Waals surface area contributed by atoms with Gasteiger partial charge in [0.1, 0.15) is 6.29 Å². The monoisotopic (exact) mass is 203 g/mol. The Kier molecular flexibility index (Phi) is 3.47. The lowest BCUT2D eigenvalue weighted by Gasteiger charge is -1.98. The Morgan fingerprint density at radius 2 is 2.20 bits per heavy atom. The Bertz CT molecular complexity index is 455. The third-order valence-electron chi connectivity index (χ3n) is 1.62. The number of aromatic carboxylic acids is 1. The van der Waals surface area contributed by atoms with Crippen molar-refractivity contribution in [1.82, 2.24) is 0 Å². The normalized spacial score (nSPS) is 8.80. The van der Waals surface area contributed by atoms with Crippen molar-refractivity contribution >= 4 is 17.9 Å². The van der Waals surface area contributed by atoms with Crippen LogP contribution in [0.2, 0.25) is 0 Å². The van der Waals surface area contributed by atoms with Gasteiger partial charge in [-0.1, -0.05) is 11.8 Å². The van der Waals surface area contributed by atoms with Crippen LogP contribution in [0.5, 0.6) is 0 Å². The van der Waals surface area contributed by atoms with Crippen molar-refractivity contribution in [2.75, 3.05) is 5.73 Å². The average molecular weight is 203 g/mol. The van der Waals surface area contributed by atoms with Gasteiger partial charge in [-0.2, -0.15) is 0 Å². The first kappa shape index (κ1) is 10.8. The zero-order valence-corrected chi connectivity index (χ0v) is 7.86. The molecule has 0 amide bonds. The summed E-state index contributed by atoms with van der Waals surface area (Å²) in [4.78, 5) is 20.7. The lowest BCUT2D eigenvalue weighted by molar-refractivity contribution is -0.107. The molecule has 1 aromatic rings. The molecule has 0 aliphatic heterocycles. The first-order valence-corrected chi connectivity index (χ1v) is 4.20. The Hall–Kier alpha value is -2.28. The fraction of sp³-hybridized carbons (Fsp3) is 0.0909. The van der Waals surface area contributed by atoms with Crippen LogP contribution in [-0.2, 0) is 4.79 Å². The summed E-state index contributed by atoms with van der Waals surface area (Å²) in [5.41, 5.74) is 6.42. The molecule has 0 saturated carbocycles. The number of carboxylic acid groups (broad SMARTS) is 1. The highest BCUT2D eigenvalue weighted by Gasteiger charge is 2.04. The quantitative estimate of drug-likeness (QED) is 0.425. The van der Waals surface area contributed by atoms with Crippen molar-refractivity contribution in [2.45, 2.75) is 6.42 Å². The Morgan fingerprint density at radius 1 is 1.47 bits per heavy atom. The molecular weight excluding hydrogens is 194 g/mol. The van der Waals surface area contributed by atoms with Crippen LogP contribution < -0.4 is 5.73 Å². The van der Waals surface area contributed by atoms with Crippen molar-refractivity contribution in [3.8, 4) is 11.8 Å². The van der Waals surface area contributed by atoms with Crippen molar-refractivity contribution in [3.63, 3.8) is 0 Å². The van der Waals surface area contributed by atoms with Gasteiger partial charge in [0.2, 0.25) is 0 Å². The van der Waals surface area contributed by atoms with E-state index in [1.807, 2.05) is 0 Å². The minimum Gasteiger partial charge on any atom is -0.478 e. The van der Waals surface area contributed by atoms with Crippen LogP contribution in [0, 0.1) is 11.8 Å². The second-order valence-corrected chi connectivity index (χ2v) is 2.82. The minimum atomic E-state index is -1.05. The second-order valence-electron chi connectivity index (χ2n) is 2.82. The Balaban J connectivity index is 3.05. The maximum absolute atomic E-state index is 10.7. The second kappa shape index (κ2) is 4.82. The van der Waals surface area contributed by atoms with Gasteiger partial charge in [0, 0.05) is 11.3 Å². The molecule has 0 atom stereocenters. The molecule has 0 aromatic heterocycles. The van der Waals surface area contributed by atoms with E-state index in [0.29, 0.717) is 17.5 Å². The zero-order chi connectivity index (χ0) is 11.3. The number of benzene rings is 1. The van der Waals surface area contributed by atoms with E-state index < -0.39 is 5.97 Å². The van der Waals surface area contributed by atoms with E-state index in [0.717, 1.165) is 0 Å². The standard InChI is InChI=1S/C11H9NO3/c12-10-6-8(3-1-2-4-13)5-9(7-10)11(14)15/h4-7H,2,12H2,(H,14,15). The largest absolute Gasteiger partial charge is 0.478 e. The maximum atomic E-state index is 10.7. The van der Waals surface area contributed by atoms with E-state index in [9.17, 15) is 9.59 Å². The molecule has 3 N–H and O–H groups in total. The molecule has 1 aromatic carbocycles. The molecule has 0 bridgehead atoms. The fourth-order valence-corrected chi connectivity index (χ4v) is 1.04. The van der Waals surface area contributed by atoms with E-state index in [4.69, 9.17) is 10.8 Å². The highest BCUT2D eigenvalue weighted by atomic mass is 16.4. The molecule has 1 rings (SSSR count). The van der Waals surface area contributed by atoms with Crippen LogP contribution >= 0.6 is 0 Å². The molecule has 0 heterocycles. The minimum absolute atomic E-state index is 0.0883. The number of carbonyl (C=O) groups excluding carboxylic acids is 1. The van der Waals surface area contributed by atoms with Gasteiger partial charge in [0.15, 0.2) is 0 Å². The number of rotatable bonds is 2. The van der Waals surface area contributed by atoms with Gasteiger partial charge < -0.3 is 15.6 Å². The van der Waals surface area contributed by atoms with E-state index in [2.05, 4.69) is 11.8 Å². The number of hydrogen-bond acceptors (Lipinski definition) is 3. The van der Waals surface area contributed by atoms with Gasteiger partial charge in [-0.15, -0.1) is 0 Å². The Morgan fingerprint density at radius 3 is 2.80 bits per heavy atom. The van der Waals surface area contributed by atoms with Crippen molar-refractivity contribution in [3.05, 3.63) is 29.3 Å². The lowest BCUT2D eigenvalue weighted by Crippen LogP contribution is -1.98. The predicted molar refractivity (Wildman–Crippen MR) is 55.4 cm³/mol. The van der Waals surface area contributed by atoms with Gasteiger partial charge in [-0.05, 0) is 18.2 Å². The van der Waals surface area contributed by atoms with Crippen LogP contribution in [0.15, 0.2) is 18.2 Å². The van der Waals surface area contributed by atoms with Crippen molar-refractivity contribution in [2.24, 2.45) is 0 Å². The lowest BCUT2D eigenvalue weighted by atomic mass is 10.1. The summed E-state index contributed by atoms with van der Waals surface area (Å²) >= 11 is 0. The van der Waals surface area contributed by atoms with Crippen LogP contribution in [0.25, 0.3) is 0 Å². The zero-order valence-electron chi connectivity index (χ0n) is 7.86. The molecular formula is C11H9NO3. The van der Waals surface area contributed by atoms with E-state index in [-0.39, 0.29) is 12.0 Å².